The monoisotopic (exact) mass is 325 g/mol. The number of rotatable bonds is 4. The number of amides is 1. The van der Waals surface area contributed by atoms with Gasteiger partial charge in [0.2, 0.25) is 0 Å². The van der Waals surface area contributed by atoms with Gasteiger partial charge in [-0.3, -0.25) is 4.90 Å². The fraction of sp³-hybridized carbons (Fsp3) is 0.333. The van der Waals surface area contributed by atoms with Crippen LogP contribution in [0.25, 0.3) is 0 Å². The average molecular weight is 325 g/mol. The van der Waals surface area contributed by atoms with Gasteiger partial charge in [0, 0.05) is 18.9 Å². The molecular formula is C15H14F3N3O2. The largest absolute Gasteiger partial charge is 0.444 e. The lowest BCUT2D eigenvalue weighted by Gasteiger charge is -2.18. The molecule has 0 aromatic heterocycles. The minimum Gasteiger partial charge on any atom is -0.444 e. The van der Waals surface area contributed by atoms with Crippen molar-refractivity contribution in [2.75, 3.05) is 13.2 Å². The van der Waals surface area contributed by atoms with E-state index in [1.807, 2.05) is 6.07 Å². The van der Waals surface area contributed by atoms with Crippen molar-refractivity contribution in [3.05, 3.63) is 47.8 Å². The number of carbonyl (C=O) groups is 1. The molecule has 1 aromatic carbocycles. The third-order valence-electron chi connectivity index (χ3n) is 3.15. The Balaban J connectivity index is 1.86. The van der Waals surface area contributed by atoms with Gasteiger partial charge in [-0.25, -0.2) is 4.79 Å². The lowest BCUT2D eigenvalue weighted by Crippen LogP contribution is -2.31. The Labute approximate surface area is 131 Å². The lowest BCUT2D eigenvalue weighted by atomic mass is 10.1. The van der Waals surface area contributed by atoms with Gasteiger partial charge < -0.3 is 9.64 Å². The number of hydrogen-bond donors (Lipinski definition) is 0. The maximum atomic E-state index is 12.6. The van der Waals surface area contributed by atoms with E-state index in [9.17, 15) is 18.0 Å². The topological polar surface area (TPSA) is 56.6 Å². The molecular weight excluding hydrogens is 311 g/mol. The molecule has 2 rings (SSSR count). The number of benzene rings is 1. The first-order valence-corrected chi connectivity index (χ1v) is 6.79. The van der Waals surface area contributed by atoms with Crippen LogP contribution in [0.2, 0.25) is 0 Å². The summed E-state index contributed by atoms with van der Waals surface area (Å²) in [6, 6.07) is 6.64. The van der Waals surface area contributed by atoms with Crippen molar-refractivity contribution in [3.63, 3.8) is 0 Å². The molecule has 8 heteroatoms. The first-order chi connectivity index (χ1) is 10.9. The van der Waals surface area contributed by atoms with E-state index in [-0.39, 0.29) is 18.8 Å². The number of alkyl halides is 3. The summed E-state index contributed by atoms with van der Waals surface area (Å²) < 4.78 is 42.8. The number of nitrogens with zero attached hydrogens (tertiary/aromatic N) is 3. The molecule has 1 aliphatic rings. The van der Waals surface area contributed by atoms with Crippen LogP contribution in [0.15, 0.2) is 36.7 Å². The van der Waals surface area contributed by atoms with Crippen LogP contribution >= 0.6 is 0 Å². The zero-order valence-corrected chi connectivity index (χ0v) is 12.1. The van der Waals surface area contributed by atoms with Crippen LogP contribution in [0.3, 0.4) is 0 Å². The highest BCUT2D eigenvalue weighted by Gasteiger charge is 2.30. The van der Waals surface area contributed by atoms with Gasteiger partial charge in [0.05, 0.1) is 18.1 Å². The predicted octanol–water partition coefficient (Wildman–Crippen LogP) is 3.30. The second-order valence-corrected chi connectivity index (χ2v) is 4.88. The molecule has 0 radical (unpaired) electrons. The second-order valence-electron chi connectivity index (χ2n) is 4.88. The van der Waals surface area contributed by atoms with Crippen LogP contribution in [0.4, 0.5) is 18.0 Å². The molecule has 0 N–H and O–H groups in total. The molecule has 1 heterocycles. The van der Waals surface area contributed by atoms with Crippen LogP contribution < -0.4 is 0 Å². The first kappa shape index (κ1) is 16.7. The third kappa shape index (κ3) is 4.64. The van der Waals surface area contributed by atoms with E-state index in [0.29, 0.717) is 13.0 Å². The summed E-state index contributed by atoms with van der Waals surface area (Å²) in [7, 11) is 0. The van der Waals surface area contributed by atoms with Crippen LogP contribution in [0, 0.1) is 11.3 Å². The molecule has 1 aliphatic heterocycles. The highest BCUT2D eigenvalue weighted by atomic mass is 19.4. The molecule has 1 aromatic rings. The summed E-state index contributed by atoms with van der Waals surface area (Å²) in [5.41, 5.74) is -0.521. The number of halogens is 3. The molecule has 0 saturated carbocycles. The van der Waals surface area contributed by atoms with Gasteiger partial charge in [0.1, 0.15) is 13.3 Å². The van der Waals surface area contributed by atoms with E-state index in [0.717, 1.165) is 12.1 Å². The molecule has 0 saturated heterocycles. The van der Waals surface area contributed by atoms with E-state index in [4.69, 9.17) is 10.00 Å². The number of hydrogen-bond acceptors (Lipinski definition) is 4. The molecule has 0 atom stereocenters. The van der Waals surface area contributed by atoms with E-state index in [1.165, 1.54) is 23.2 Å². The Morgan fingerprint density at radius 1 is 1.35 bits per heavy atom. The van der Waals surface area contributed by atoms with Gasteiger partial charge in [-0.05, 0) is 17.7 Å². The number of nitriles is 1. The molecule has 23 heavy (non-hydrogen) atoms. The lowest BCUT2D eigenvalue weighted by molar-refractivity contribution is -0.137. The Bertz CT molecular complexity index is 638. The van der Waals surface area contributed by atoms with Crippen molar-refractivity contribution in [1.29, 1.82) is 5.26 Å². The summed E-state index contributed by atoms with van der Waals surface area (Å²) >= 11 is 0. The molecule has 5 nitrogen and oxygen atoms in total. The fourth-order valence-corrected chi connectivity index (χ4v) is 1.99. The predicted molar refractivity (Wildman–Crippen MR) is 74.4 cm³/mol. The van der Waals surface area contributed by atoms with Gasteiger partial charge in [-0.2, -0.15) is 18.4 Å². The van der Waals surface area contributed by atoms with Crippen LogP contribution in [-0.2, 0) is 17.5 Å². The minimum atomic E-state index is -4.43. The number of ether oxygens (including phenoxy) is 1. The molecule has 0 spiro atoms. The van der Waals surface area contributed by atoms with Crippen molar-refractivity contribution < 1.29 is 22.7 Å². The molecule has 0 aliphatic carbocycles. The van der Waals surface area contributed by atoms with Gasteiger partial charge in [-0.1, -0.05) is 12.1 Å². The van der Waals surface area contributed by atoms with E-state index in [1.54, 1.807) is 11.1 Å². The van der Waals surface area contributed by atoms with E-state index in [2.05, 4.69) is 0 Å². The van der Waals surface area contributed by atoms with Gasteiger partial charge in [0.25, 0.3) is 0 Å². The van der Waals surface area contributed by atoms with Crippen molar-refractivity contribution in [2.24, 2.45) is 0 Å². The smallest absolute Gasteiger partial charge is 0.416 e. The molecule has 1 amide bonds. The Hall–Kier alpha value is -2.69. The standard InChI is InChI=1S/C15H14F3N3O2/c16-15(17,18)13-4-1-3-12(9-13)10-23-14(22)21-8-7-20(11-21)6-2-5-19/h1,3-4,7-9H,2,6,10-11H2. The molecule has 0 unspecified atom stereocenters. The van der Waals surface area contributed by atoms with Crippen molar-refractivity contribution in [3.8, 4) is 6.07 Å². The SMILES string of the molecule is N#CCCN1C=CN(C(=O)OCc2cccc(C(F)(F)F)c2)C1. The average Bonchev–Trinajstić information content (AvgIpc) is 2.99. The van der Waals surface area contributed by atoms with Crippen molar-refractivity contribution in [1.82, 2.24) is 9.80 Å². The van der Waals surface area contributed by atoms with Gasteiger partial charge >= 0.3 is 12.3 Å². The maximum absolute atomic E-state index is 12.6. The maximum Gasteiger partial charge on any atom is 0.416 e. The van der Waals surface area contributed by atoms with Gasteiger partial charge in [0.15, 0.2) is 0 Å². The fourth-order valence-electron chi connectivity index (χ4n) is 1.99. The molecule has 122 valence electrons. The zero-order valence-electron chi connectivity index (χ0n) is 12.1. The van der Waals surface area contributed by atoms with Crippen LogP contribution in [0.1, 0.15) is 17.5 Å². The van der Waals surface area contributed by atoms with Crippen molar-refractivity contribution in [2.45, 2.75) is 19.2 Å². The second kappa shape index (κ2) is 7.05. The Morgan fingerprint density at radius 3 is 2.83 bits per heavy atom. The van der Waals surface area contributed by atoms with Crippen LogP contribution in [0.5, 0.6) is 0 Å². The summed E-state index contributed by atoms with van der Waals surface area (Å²) in [6.45, 7) is 0.499. The van der Waals surface area contributed by atoms with E-state index >= 15 is 0 Å². The summed E-state index contributed by atoms with van der Waals surface area (Å²) in [4.78, 5) is 14.9. The highest BCUT2D eigenvalue weighted by Crippen LogP contribution is 2.29. The summed E-state index contributed by atoms with van der Waals surface area (Å²) in [6.07, 6.45) is -1.59. The molecule has 0 bridgehead atoms. The zero-order chi connectivity index (χ0) is 16.9. The normalized spacial score (nSPS) is 14.0. The van der Waals surface area contributed by atoms with Crippen molar-refractivity contribution >= 4 is 6.09 Å². The van der Waals surface area contributed by atoms with E-state index < -0.39 is 17.8 Å². The summed E-state index contributed by atoms with van der Waals surface area (Å²) in [5, 5.41) is 8.51. The Morgan fingerprint density at radius 2 is 2.13 bits per heavy atom. The Kier molecular flexibility index (Phi) is 5.11. The first-order valence-electron chi connectivity index (χ1n) is 6.79. The van der Waals surface area contributed by atoms with Crippen LogP contribution in [-0.4, -0.2) is 29.1 Å². The number of carbonyl (C=O) groups excluding carboxylic acids is 1. The minimum absolute atomic E-state index is 0.245. The third-order valence-corrected chi connectivity index (χ3v) is 3.15. The highest BCUT2D eigenvalue weighted by molar-refractivity contribution is 5.69. The van der Waals surface area contributed by atoms with Gasteiger partial charge in [-0.15, -0.1) is 0 Å². The quantitative estimate of drug-likeness (QED) is 0.852. The molecule has 0 fully saturated rings. The summed E-state index contributed by atoms with van der Waals surface area (Å²) in [5.74, 6) is 0.